The number of halogens is 2. The zero-order valence-corrected chi connectivity index (χ0v) is 13.8. The molecule has 0 aliphatic rings. The van der Waals surface area contributed by atoms with E-state index in [1.54, 1.807) is 14.2 Å². The molecule has 2 N–H and O–H groups in total. The average molecular weight is 333 g/mol. The Bertz CT molecular complexity index is 684. The lowest BCUT2D eigenvalue weighted by atomic mass is 10.1. The van der Waals surface area contributed by atoms with Crippen molar-refractivity contribution in [2.75, 3.05) is 20.7 Å². The summed E-state index contributed by atoms with van der Waals surface area (Å²) in [5, 5.41) is 6.30. The summed E-state index contributed by atoms with van der Waals surface area (Å²) in [4.78, 5) is 4.13. The first kappa shape index (κ1) is 17.7. The van der Waals surface area contributed by atoms with Gasteiger partial charge in [-0.25, -0.2) is 8.78 Å². The molecule has 0 spiro atoms. The molecule has 6 heteroatoms. The number of para-hydroxylation sites is 1. The van der Waals surface area contributed by atoms with Crippen LogP contribution in [-0.4, -0.2) is 26.7 Å². The van der Waals surface area contributed by atoms with E-state index >= 15 is 0 Å². The summed E-state index contributed by atoms with van der Waals surface area (Å²) in [6, 6.07) is 11.2. The zero-order chi connectivity index (χ0) is 17.4. The van der Waals surface area contributed by atoms with Crippen molar-refractivity contribution in [3.63, 3.8) is 0 Å². The minimum Gasteiger partial charge on any atom is -0.496 e. The third kappa shape index (κ3) is 5.22. The standard InChI is InChI=1S/C18H21F2N3O/c1-21-18(23-12-14-5-3-4-6-17(14)24-2)22-8-7-13-9-15(19)11-16(20)10-13/h3-6,9-11H,7-8,12H2,1-2H3,(H2,21,22,23). The van der Waals surface area contributed by atoms with Crippen LogP contribution >= 0.6 is 0 Å². The molecule has 0 unspecified atom stereocenters. The highest BCUT2D eigenvalue weighted by atomic mass is 19.1. The average Bonchev–Trinajstić information content (AvgIpc) is 2.57. The summed E-state index contributed by atoms with van der Waals surface area (Å²) in [5.74, 6) is 0.279. The van der Waals surface area contributed by atoms with Crippen molar-refractivity contribution in [2.45, 2.75) is 13.0 Å². The van der Waals surface area contributed by atoms with Crippen LogP contribution < -0.4 is 15.4 Å². The molecular weight excluding hydrogens is 312 g/mol. The van der Waals surface area contributed by atoms with Crippen molar-refractivity contribution in [3.8, 4) is 5.75 Å². The molecule has 2 aromatic rings. The van der Waals surface area contributed by atoms with E-state index in [1.807, 2.05) is 24.3 Å². The van der Waals surface area contributed by atoms with Gasteiger partial charge in [-0.05, 0) is 30.2 Å². The largest absolute Gasteiger partial charge is 0.496 e. The fraction of sp³-hybridized carbons (Fsp3) is 0.278. The second-order valence-electron chi connectivity index (χ2n) is 5.19. The number of rotatable bonds is 6. The molecule has 128 valence electrons. The van der Waals surface area contributed by atoms with E-state index in [0.29, 0.717) is 31.0 Å². The van der Waals surface area contributed by atoms with Crippen LogP contribution in [0.3, 0.4) is 0 Å². The summed E-state index contributed by atoms with van der Waals surface area (Å²) in [6.07, 6.45) is 0.490. The molecule has 0 aromatic heterocycles. The first-order chi connectivity index (χ1) is 11.6. The maximum atomic E-state index is 13.2. The van der Waals surface area contributed by atoms with Gasteiger partial charge >= 0.3 is 0 Å². The van der Waals surface area contributed by atoms with Gasteiger partial charge in [0.1, 0.15) is 17.4 Å². The lowest BCUT2D eigenvalue weighted by Crippen LogP contribution is -2.37. The van der Waals surface area contributed by atoms with E-state index in [4.69, 9.17) is 4.74 Å². The number of hydrogen-bond acceptors (Lipinski definition) is 2. The molecule has 0 aliphatic heterocycles. The Hall–Kier alpha value is -2.63. The van der Waals surface area contributed by atoms with Crippen molar-refractivity contribution >= 4 is 5.96 Å². The molecule has 0 fully saturated rings. The summed E-state index contributed by atoms with van der Waals surface area (Å²) in [6.45, 7) is 1.06. The van der Waals surface area contributed by atoms with E-state index < -0.39 is 11.6 Å². The Balaban J connectivity index is 1.84. The monoisotopic (exact) mass is 333 g/mol. The SMILES string of the molecule is CN=C(NCCc1cc(F)cc(F)c1)NCc1ccccc1OC. The van der Waals surface area contributed by atoms with Crippen LogP contribution in [0.4, 0.5) is 8.78 Å². The number of nitrogens with one attached hydrogen (secondary N) is 2. The van der Waals surface area contributed by atoms with E-state index in [1.165, 1.54) is 12.1 Å². The first-order valence-corrected chi connectivity index (χ1v) is 7.63. The molecule has 24 heavy (non-hydrogen) atoms. The molecule has 2 rings (SSSR count). The number of ether oxygens (including phenoxy) is 1. The van der Waals surface area contributed by atoms with Gasteiger partial charge in [0.15, 0.2) is 5.96 Å². The van der Waals surface area contributed by atoms with Crippen molar-refractivity contribution in [1.29, 1.82) is 0 Å². The van der Waals surface area contributed by atoms with Gasteiger partial charge in [-0.1, -0.05) is 18.2 Å². The van der Waals surface area contributed by atoms with Crippen LogP contribution in [0.25, 0.3) is 0 Å². The summed E-state index contributed by atoms with van der Waals surface area (Å²) in [5.41, 5.74) is 1.61. The highest BCUT2D eigenvalue weighted by molar-refractivity contribution is 5.79. The minimum atomic E-state index is -0.566. The molecule has 0 aliphatic carbocycles. The molecule has 0 bridgehead atoms. The number of hydrogen-bond donors (Lipinski definition) is 2. The van der Waals surface area contributed by atoms with Gasteiger partial charge in [-0.3, -0.25) is 4.99 Å². The maximum Gasteiger partial charge on any atom is 0.191 e. The summed E-state index contributed by atoms with van der Waals surface area (Å²) >= 11 is 0. The van der Waals surface area contributed by atoms with Gasteiger partial charge in [0.2, 0.25) is 0 Å². The van der Waals surface area contributed by atoms with Gasteiger partial charge in [0, 0.05) is 31.8 Å². The highest BCUT2D eigenvalue weighted by Crippen LogP contribution is 2.16. The second kappa shape index (κ2) is 8.86. The van der Waals surface area contributed by atoms with Crippen molar-refractivity contribution in [3.05, 3.63) is 65.2 Å². The normalized spacial score (nSPS) is 11.2. The van der Waals surface area contributed by atoms with Gasteiger partial charge in [0.05, 0.1) is 7.11 Å². The summed E-state index contributed by atoms with van der Waals surface area (Å²) < 4.78 is 31.6. The van der Waals surface area contributed by atoms with Gasteiger partial charge in [0.25, 0.3) is 0 Å². The third-order valence-corrected chi connectivity index (χ3v) is 3.49. The van der Waals surface area contributed by atoms with Crippen LogP contribution in [0.1, 0.15) is 11.1 Å². The minimum absolute atomic E-state index is 0.490. The Morgan fingerprint density at radius 1 is 1.08 bits per heavy atom. The highest BCUT2D eigenvalue weighted by Gasteiger charge is 2.04. The smallest absolute Gasteiger partial charge is 0.191 e. The molecule has 0 amide bonds. The fourth-order valence-corrected chi connectivity index (χ4v) is 2.33. The number of methoxy groups -OCH3 is 1. The Morgan fingerprint density at radius 3 is 2.46 bits per heavy atom. The predicted molar refractivity (Wildman–Crippen MR) is 91.3 cm³/mol. The van der Waals surface area contributed by atoms with Crippen LogP contribution in [0.15, 0.2) is 47.5 Å². The molecule has 0 heterocycles. The van der Waals surface area contributed by atoms with E-state index in [-0.39, 0.29) is 0 Å². The Kier molecular flexibility index (Phi) is 6.54. The van der Waals surface area contributed by atoms with Gasteiger partial charge in [-0.2, -0.15) is 0 Å². The first-order valence-electron chi connectivity index (χ1n) is 7.63. The number of nitrogens with zero attached hydrogens (tertiary/aromatic N) is 1. The lowest BCUT2D eigenvalue weighted by molar-refractivity contribution is 0.409. The van der Waals surface area contributed by atoms with E-state index in [0.717, 1.165) is 17.4 Å². The van der Waals surface area contributed by atoms with Crippen LogP contribution in [0.5, 0.6) is 5.75 Å². The Morgan fingerprint density at radius 2 is 1.79 bits per heavy atom. The van der Waals surface area contributed by atoms with E-state index in [2.05, 4.69) is 15.6 Å². The molecule has 0 radical (unpaired) electrons. The molecular formula is C18H21F2N3O. The van der Waals surface area contributed by atoms with Crippen molar-refractivity contribution in [2.24, 2.45) is 4.99 Å². The van der Waals surface area contributed by atoms with Crippen molar-refractivity contribution < 1.29 is 13.5 Å². The fourth-order valence-electron chi connectivity index (χ4n) is 2.33. The number of benzene rings is 2. The number of guanidine groups is 1. The van der Waals surface area contributed by atoms with Crippen LogP contribution in [0, 0.1) is 11.6 Å². The van der Waals surface area contributed by atoms with Crippen LogP contribution in [0.2, 0.25) is 0 Å². The summed E-state index contributed by atoms with van der Waals surface area (Å²) in [7, 11) is 3.30. The topological polar surface area (TPSA) is 45.7 Å². The molecule has 2 aromatic carbocycles. The Labute approximate surface area is 140 Å². The van der Waals surface area contributed by atoms with Crippen LogP contribution in [-0.2, 0) is 13.0 Å². The number of aliphatic imine (C=N–C) groups is 1. The lowest BCUT2D eigenvalue weighted by Gasteiger charge is -2.13. The molecule has 0 saturated heterocycles. The predicted octanol–water partition coefficient (Wildman–Crippen LogP) is 2.88. The quantitative estimate of drug-likeness (QED) is 0.631. The zero-order valence-electron chi connectivity index (χ0n) is 13.8. The molecule has 0 saturated carbocycles. The van der Waals surface area contributed by atoms with Gasteiger partial charge in [-0.15, -0.1) is 0 Å². The maximum absolute atomic E-state index is 13.2. The molecule has 4 nitrogen and oxygen atoms in total. The van der Waals surface area contributed by atoms with Gasteiger partial charge < -0.3 is 15.4 Å². The molecule has 0 atom stereocenters. The third-order valence-electron chi connectivity index (χ3n) is 3.49. The van der Waals surface area contributed by atoms with E-state index in [9.17, 15) is 8.78 Å². The van der Waals surface area contributed by atoms with Crippen molar-refractivity contribution in [1.82, 2.24) is 10.6 Å². The second-order valence-corrected chi connectivity index (χ2v) is 5.19.